The molecular formula is C19H24FN5O. The van der Waals surface area contributed by atoms with Crippen LogP contribution in [0.3, 0.4) is 0 Å². The second-order valence-electron chi connectivity index (χ2n) is 5.56. The molecule has 0 amide bonds. The molecule has 0 bridgehead atoms. The minimum atomic E-state index is -0.324. The fourth-order valence-electron chi connectivity index (χ4n) is 2.14. The number of hydrogen-bond donors (Lipinski definition) is 3. The molecule has 1 aromatic heterocycles. The molecule has 0 unspecified atom stereocenters. The van der Waals surface area contributed by atoms with Crippen molar-refractivity contribution < 1.29 is 9.13 Å². The van der Waals surface area contributed by atoms with Crippen LogP contribution in [0.5, 0.6) is 0 Å². The molecule has 0 saturated heterocycles. The van der Waals surface area contributed by atoms with Gasteiger partial charge in [-0.25, -0.2) is 9.37 Å². The largest absolute Gasteiger partial charge is 0.385 e. The van der Waals surface area contributed by atoms with E-state index in [1.54, 1.807) is 25.4 Å². The van der Waals surface area contributed by atoms with Crippen LogP contribution in [-0.4, -0.2) is 36.8 Å². The lowest BCUT2D eigenvalue weighted by atomic mass is 10.2. The molecule has 26 heavy (non-hydrogen) atoms. The van der Waals surface area contributed by atoms with Crippen molar-refractivity contribution in [1.82, 2.24) is 9.97 Å². The van der Waals surface area contributed by atoms with Gasteiger partial charge in [-0.3, -0.25) is 0 Å². The van der Waals surface area contributed by atoms with Gasteiger partial charge in [0.05, 0.1) is 11.8 Å². The van der Waals surface area contributed by atoms with Crippen LogP contribution in [-0.2, 0) is 4.74 Å². The van der Waals surface area contributed by atoms with E-state index in [1.165, 1.54) is 12.1 Å². The van der Waals surface area contributed by atoms with Crippen molar-refractivity contribution in [2.45, 2.75) is 19.3 Å². The Morgan fingerprint density at radius 2 is 2.19 bits per heavy atom. The van der Waals surface area contributed by atoms with Gasteiger partial charge < -0.3 is 21.1 Å². The first kappa shape index (κ1) is 19.6. The van der Waals surface area contributed by atoms with Crippen molar-refractivity contribution in [3.05, 3.63) is 41.8 Å². The van der Waals surface area contributed by atoms with Gasteiger partial charge in [0.25, 0.3) is 0 Å². The van der Waals surface area contributed by atoms with Crippen molar-refractivity contribution in [2.24, 2.45) is 5.73 Å². The summed E-state index contributed by atoms with van der Waals surface area (Å²) in [4.78, 5) is 8.74. The molecule has 138 valence electrons. The monoisotopic (exact) mass is 357 g/mol. The summed E-state index contributed by atoms with van der Waals surface area (Å²) in [5.41, 5.74) is 6.78. The molecule has 0 spiro atoms. The molecule has 1 heterocycles. The summed E-state index contributed by atoms with van der Waals surface area (Å²) in [5.74, 6) is 6.84. The molecule has 2 rings (SSSR count). The van der Waals surface area contributed by atoms with E-state index in [9.17, 15) is 4.39 Å². The van der Waals surface area contributed by atoms with Crippen LogP contribution in [0.15, 0.2) is 30.5 Å². The molecule has 4 N–H and O–H groups in total. The maximum Gasteiger partial charge on any atom is 0.229 e. The topological polar surface area (TPSA) is 85.1 Å². The van der Waals surface area contributed by atoms with Gasteiger partial charge in [-0.2, -0.15) is 4.98 Å². The Balaban J connectivity index is 2.15. The summed E-state index contributed by atoms with van der Waals surface area (Å²) in [6.45, 7) is 1.97. The maximum absolute atomic E-state index is 13.3. The number of rotatable bonds is 9. The summed E-state index contributed by atoms with van der Waals surface area (Å²) in [6, 6.07) is 6.14. The first-order valence-corrected chi connectivity index (χ1v) is 8.54. The molecular weight excluding hydrogens is 333 g/mol. The predicted octanol–water partition coefficient (Wildman–Crippen LogP) is 2.90. The minimum Gasteiger partial charge on any atom is -0.385 e. The molecule has 1 aromatic carbocycles. The van der Waals surface area contributed by atoms with Crippen molar-refractivity contribution in [3.63, 3.8) is 0 Å². The fourth-order valence-corrected chi connectivity index (χ4v) is 2.14. The van der Waals surface area contributed by atoms with Gasteiger partial charge in [0.15, 0.2) is 0 Å². The zero-order valence-corrected chi connectivity index (χ0v) is 14.9. The van der Waals surface area contributed by atoms with Crippen LogP contribution in [0.4, 0.5) is 21.8 Å². The number of anilines is 3. The van der Waals surface area contributed by atoms with Crippen LogP contribution in [0.2, 0.25) is 0 Å². The van der Waals surface area contributed by atoms with Gasteiger partial charge in [-0.15, -0.1) is 0 Å². The van der Waals surface area contributed by atoms with E-state index in [-0.39, 0.29) is 5.82 Å². The Kier molecular flexibility index (Phi) is 8.33. The molecule has 0 aliphatic carbocycles. The molecule has 0 saturated carbocycles. The zero-order chi connectivity index (χ0) is 18.6. The van der Waals surface area contributed by atoms with E-state index in [0.29, 0.717) is 42.7 Å². The van der Waals surface area contributed by atoms with Crippen LogP contribution >= 0.6 is 0 Å². The molecule has 2 aromatic rings. The average molecular weight is 357 g/mol. The fraction of sp³-hybridized carbons (Fsp3) is 0.368. The lowest BCUT2D eigenvalue weighted by Gasteiger charge is -2.10. The number of benzene rings is 1. The highest BCUT2D eigenvalue weighted by Crippen LogP contribution is 2.18. The van der Waals surface area contributed by atoms with Crippen LogP contribution < -0.4 is 16.4 Å². The molecule has 0 atom stereocenters. The van der Waals surface area contributed by atoms with Crippen LogP contribution in [0.25, 0.3) is 0 Å². The van der Waals surface area contributed by atoms with Crippen LogP contribution in [0.1, 0.15) is 24.8 Å². The zero-order valence-electron chi connectivity index (χ0n) is 14.9. The summed E-state index contributed by atoms with van der Waals surface area (Å²) in [6.07, 6.45) is 4.07. The normalized spacial score (nSPS) is 10.1. The first-order chi connectivity index (χ1) is 12.7. The molecule has 0 aliphatic rings. The highest BCUT2D eigenvalue weighted by molar-refractivity contribution is 5.59. The maximum atomic E-state index is 13.3. The summed E-state index contributed by atoms with van der Waals surface area (Å²) < 4.78 is 18.4. The van der Waals surface area contributed by atoms with Crippen molar-refractivity contribution in [2.75, 3.05) is 37.4 Å². The summed E-state index contributed by atoms with van der Waals surface area (Å²) >= 11 is 0. The highest BCUT2D eigenvalue weighted by atomic mass is 19.1. The lowest BCUT2D eigenvalue weighted by Crippen LogP contribution is -2.09. The quantitative estimate of drug-likeness (QED) is 0.473. The smallest absolute Gasteiger partial charge is 0.229 e. The molecule has 0 radical (unpaired) electrons. The number of nitrogens with zero attached hydrogens (tertiary/aromatic N) is 2. The number of unbranched alkanes of at least 4 members (excludes halogenated alkanes) is 1. The molecule has 0 fully saturated rings. The van der Waals surface area contributed by atoms with Gasteiger partial charge >= 0.3 is 0 Å². The third-order valence-electron chi connectivity index (χ3n) is 3.42. The minimum absolute atomic E-state index is 0.324. The molecule has 6 nitrogen and oxygen atoms in total. The Bertz CT molecular complexity index is 757. The van der Waals surface area contributed by atoms with Crippen molar-refractivity contribution in [1.29, 1.82) is 0 Å². The van der Waals surface area contributed by atoms with Gasteiger partial charge in [0.1, 0.15) is 11.6 Å². The molecule has 0 aliphatic heterocycles. The molecule has 7 heteroatoms. The van der Waals surface area contributed by atoms with E-state index < -0.39 is 0 Å². The van der Waals surface area contributed by atoms with Crippen LogP contribution in [0, 0.1) is 17.7 Å². The van der Waals surface area contributed by atoms with Gasteiger partial charge in [0, 0.05) is 32.4 Å². The van der Waals surface area contributed by atoms with E-state index in [1.807, 2.05) is 0 Å². The Labute approximate surface area is 153 Å². The Morgan fingerprint density at radius 3 is 2.96 bits per heavy atom. The van der Waals surface area contributed by atoms with Gasteiger partial charge in [-0.05, 0) is 37.6 Å². The second kappa shape index (κ2) is 11.0. The number of nitrogens with one attached hydrogen (secondary N) is 2. The Hall–Kier alpha value is -2.69. The lowest BCUT2D eigenvalue weighted by molar-refractivity contribution is 0.198. The predicted molar refractivity (Wildman–Crippen MR) is 102 cm³/mol. The van der Waals surface area contributed by atoms with Gasteiger partial charge in [-0.1, -0.05) is 17.9 Å². The third-order valence-corrected chi connectivity index (χ3v) is 3.42. The summed E-state index contributed by atoms with van der Waals surface area (Å²) in [5, 5.41) is 6.25. The van der Waals surface area contributed by atoms with E-state index in [2.05, 4.69) is 32.4 Å². The highest BCUT2D eigenvalue weighted by Gasteiger charge is 2.06. The van der Waals surface area contributed by atoms with Gasteiger partial charge in [0.2, 0.25) is 5.95 Å². The van der Waals surface area contributed by atoms with Crippen molar-refractivity contribution in [3.8, 4) is 11.8 Å². The van der Waals surface area contributed by atoms with Crippen molar-refractivity contribution >= 4 is 17.5 Å². The number of halogens is 1. The number of methoxy groups -OCH3 is 1. The standard InChI is InChI=1S/C19H24FN5O/c1-26-12-6-11-22-18-15(7-3-2-4-10-21)14-23-19(25-18)24-17-9-5-8-16(20)13-17/h5,8-9,13-14H,2,4,6,10-12,21H2,1H3,(H2,22,23,24,25). The number of aromatic nitrogens is 2. The number of nitrogens with two attached hydrogens (primary N) is 1. The van der Waals surface area contributed by atoms with E-state index in [0.717, 1.165) is 19.3 Å². The SMILES string of the molecule is COCCCNc1nc(Nc2cccc(F)c2)ncc1C#CCCCN. The third kappa shape index (κ3) is 6.67. The van der Waals surface area contributed by atoms with E-state index in [4.69, 9.17) is 10.5 Å². The Morgan fingerprint density at radius 1 is 1.31 bits per heavy atom. The first-order valence-electron chi connectivity index (χ1n) is 8.54. The second-order valence-corrected chi connectivity index (χ2v) is 5.56. The number of ether oxygens (including phenoxy) is 1. The summed E-state index contributed by atoms with van der Waals surface area (Å²) in [7, 11) is 1.67. The van der Waals surface area contributed by atoms with E-state index >= 15 is 0 Å². The average Bonchev–Trinajstić information content (AvgIpc) is 2.64. The number of hydrogen-bond acceptors (Lipinski definition) is 6.